The molecule has 0 saturated heterocycles. The monoisotopic (exact) mass is 317 g/mol. The molecule has 1 N–H and O–H groups in total. The normalized spacial score (nSPS) is 9.68. The average Bonchev–Trinajstić information content (AvgIpc) is 2.39. The summed E-state index contributed by atoms with van der Waals surface area (Å²) in [6.07, 6.45) is 0. The summed E-state index contributed by atoms with van der Waals surface area (Å²) in [6.45, 7) is 0. The molecule has 2 rings (SSSR count). The molecule has 0 amide bonds. The molecule has 0 aliphatic carbocycles. The summed E-state index contributed by atoms with van der Waals surface area (Å²) in [5.41, 5.74) is 0.576. The van der Waals surface area contributed by atoms with Crippen LogP contribution in [0.25, 0.3) is 0 Å². The molecule has 0 aliphatic heterocycles. The number of nitrogens with zero attached hydrogens (tertiary/aromatic N) is 1. The Morgan fingerprint density at radius 1 is 1.21 bits per heavy atom. The van der Waals surface area contributed by atoms with Crippen molar-refractivity contribution in [1.82, 2.24) is 0 Å². The zero-order valence-electron chi connectivity index (χ0n) is 9.63. The van der Waals surface area contributed by atoms with Gasteiger partial charge in [-0.2, -0.15) is 5.26 Å². The van der Waals surface area contributed by atoms with Crippen LogP contribution in [0.2, 0.25) is 0 Å². The van der Waals surface area contributed by atoms with Crippen LogP contribution in [-0.2, 0) is 0 Å². The minimum Gasteiger partial charge on any atom is -0.478 e. The number of rotatable bonds is 3. The van der Waals surface area contributed by atoms with Gasteiger partial charge >= 0.3 is 5.97 Å². The highest BCUT2D eigenvalue weighted by atomic mass is 79.9. The maximum Gasteiger partial charge on any atom is 0.335 e. The highest BCUT2D eigenvalue weighted by molar-refractivity contribution is 9.10. The summed E-state index contributed by atoms with van der Waals surface area (Å²) >= 11 is 3.27. The number of ether oxygens (including phenoxy) is 1. The maximum absolute atomic E-state index is 10.7. The van der Waals surface area contributed by atoms with Gasteiger partial charge in [-0.15, -0.1) is 0 Å². The third kappa shape index (κ3) is 2.92. The summed E-state index contributed by atoms with van der Waals surface area (Å²) in [5, 5.41) is 17.9. The Labute approximate surface area is 118 Å². The first kappa shape index (κ1) is 13.1. The Morgan fingerprint density at radius 3 is 2.47 bits per heavy atom. The Morgan fingerprint density at radius 2 is 1.89 bits per heavy atom. The largest absolute Gasteiger partial charge is 0.478 e. The number of aromatic carboxylic acids is 1. The molecule has 0 aromatic heterocycles. The van der Waals surface area contributed by atoms with E-state index >= 15 is 0 Å². The first-order chi connectivity index (χ1) is 9.11. The predicted molar refractivity (Wildman–Crippen MR) is 72.3 cm³/mol. The fourth-order valence-corrected chi connectivity index (χ4v) is 1.93. The summed E-state index contributed by atoms with van der Waals surface area (Å²) < 4.78 is 6.22. The minimum absolute atomic E-state index is 0.182. The third-order valence-corrected chi connectivity index (χ3v) is 3.08. The number of hydrogen-bond acceptors (Lipinski definition) is 3. The number of carboxylic acids is 1. The summed E-state index contributed by atoms with van der Waals surface area (Å²) in [5.74, 6) is -0.105. The fourth-order valence-electron chi connectivity index (χ4n) is 1.49. The molecule has 0 spiro atoms. The molecule has 4 nitrogen and oxygen atoms in total. The van der Waals surface area contributed by atoms with Gasteiger partial charge in [0.2, 0.25) is 0 Å². The van der Waals surface area contributed by atoms with Crippen LogP contribution >= 0.6 is 15.9 Å². The zero-order chi connectivity index (χ0) is 13.8. The van der Waals surface area contributed by atoms with E-state index in [0.29, 0.717) is 21.5 Å². The van der Waals surface area contributed by atoms with E-state index in [1.54, 1.807) is 30.3 Å². The number of hydrogen-bond donors (Lipinski definition) is 1. The van der Waals surface area contributed by atoms with Crippen LogP contribution in [0.1, 0.15) is 15.9 Å². The number of carboxylic acid groups (broad SMARTS) is 1. The molecule has 0 saturated carbocycles. The van der Waals surface area contributed by atoms with E-state index in [4.69, 9.17) is 15.1 Å². The van der Waals surface area contributed by atoms with Crippen molar-refractivity contribution in [1.29, 1.82) is 5.26 Å². The Kier molecular flexibility index (Phi) is 3.83. The van der Waals surface area contributed by atoms with Crippen molar-refractivity contribution < 1.29 is 14.6 Å². The molecule has 0 unspecified atom stereocenters. The van der Waals surface area contributed by atoms with Crippen molar-refractivity contribution in [2.24, 2.45) is 0 Å². The van der Waals surface area contributed by atoms with Crippen molar-refractivity contribution in [2.75, 3.05) is 0 Å². The summed E-state index contributed by atoms with van der Waals surface area (Å²) in [4.78, 5) is 10.7. The molecule has 0 atom stereocenters. The van der Waals surface area contributed by atoms with Gasteiger partial charge in [0.1, 0.15) is 23.1 Å². The minimum atomic E-state index is -0.994. The van der Waals surface area contributed by atoms with Gasteiger partial charge in [-0.1, -0.05) is 6.07 Å². The number of carbonyl (C=O) groups is 1. The van der Waals surface area contributed by atoms with E-state index in [-0.39, 0.29) is 5.56 Å². The number of benzene rings is 2. The lowest BCUT2D eigenvalue weighted by molar-refractivity contribution is 0.0697. The van der Waals surface area contributed by atoms with Crippen LogP contribution in [0.4, 0.5) is 0 Å². The predicted octanol–water partition coefficient (Wildman–Crippen LogP) is 3.81. The van der Waals surface area contributed by atoms with Crippen LogP contribution in [0.5, 0.6) is 11.5 Å². The topological polar surface area (TPSA) is 70.3 Å². The summed E-state index contributed by atoms with van der Waals surface area (Å²) in [7, 11) is 0. The van der Waals surface area contributed by atoms with Gasteiger partial charge in [-0.25, -0.2) is 4.79 Å². The van der Waals surface area contributed by atoms with E-state index in [0.717, 1.165) is 0 Å². The van der Waals surface area contributed by atoms with Crippen molar-refractivity contribution in [3.63, 3.8) is 0 Å². The molecule has 0 heterocycles. The lowest BCUT2D eigenvalue weighted by atomic mass is 10.2. The van der Waals surface area contributed by atoms with Gasteiger partial charge in [-0.05, 0) is 52.3 Å². The van der Waals surface area contributed by atoms with Crippen LogP contribution in [0.15, 0.2) is 46.9 Å². The molecule has 2 aromatic carbocycles. The second-order valence-electron chi connectivity index (χ2n) is 3.66. The maximum atomic E-state index is 10.7. The van der Waals surface area contributed by atoms with Gasteiger partial charge < -0.3 is 9.84 Å². The average molecular weight is 318 g/mol. The molecule has 19 heavy (non-hydrogen) atoms. The summed E-state index contributed by atoms with van der Waals surface area (Å²) in [6, 6.07) is 13.2. The van der Waals surface area contributed by atoms with Crippen molar-refractivity contribution in [2.45, 2.75) is 0 Å². The second-order valence-corrected chi connectivity index (χ2v) is 4.51. The van der Waals surface area contributed by atoms with E-state index in [1.165, 1.54) is 12.1 Å². The van der Waals surface area contributed by atoms with Gasteiger partial charge in [0.05, 0.1) is 5.56 Å². The molecule has 5 heteroatoms. The van der Waals surface area contributed by atoms with Crippen molar-refractivity contribution in [3.8, 4) is 17.6 Å². The molecule has 94 valence electrons. The molecule has 0 aliphatic rings. The van der Waals surface area contributed by atoms with E-state index in [1.807, 2.05) is 6.07 Å². The molecule has 2 aromatic rings. The van der Waals surface area contributed by atoms with Crippen molar-refractivity contribution in [3.05, 3.63) is 58.1 Å². The number of halogens is 1. The Bertz CT molecular complexity index is 659. The highest BCUT2D eigenvalue weighted by Gasteiger charge is 2.09. The van der Waals surface area contributed by atoms with Crippen LogP contribution in [0.3, 0.4) is 0 Å². The second kappa shape index (κ2) is 5.55. The van der Waals surface area contributed by atoms with Gasteiger partial charge in [0, 0.05) is 4.47 Å². The Hall–Kier alpha value is -2.32. The van der Waals surface area contributed by atoms with Gasteiger partial charge in [-0.3, -0.25) is 0 Å². The Balaban J connectivity index is 2.29. The first-order valence-corrected chi connectivity index (χ1v) is 6.11. The van der Waals surface area contributed by atoms with Crippen LogP contribution in [-0.4, -0.2) is 11.1 Å². The molecule has 0 bridgehead atoms. The highest BCUT2D eigenvalue weighted by Crippen LogP contribution is 2.29. The van der Waals surface area contributed by atoms with E-state index in [9.17, 15) is 4.79 Å². The van der Waals surface area contributed by atoms with Gasteiger partial charge in [0.25, 0.3) is 0 Å². The lowest BCUT2D eigenvalue weighted by Gasteiger charge is -2.08. The molecular formula is C14H8BrNO3. The fraction of sp³-hybridized carbons (Fsp3) is 0. The lowest BCUT2D eigenvalue weighted by Crippen LogP contribution is -1.95. The SMILES string of the molecule is N#Cc1c(Br)cccc1Oc1ccc(C(=O)O)cc1. The number of nitriles is 1. The van der Waals surface area contributed by atoms with E-state index in [2.05, 4.69) is 15.9 Å². The smallest absolute Gasteiger partial charge is 0.335 e. The van der Waals surface area contributed by atoms with Crippen LogP contribution in [0, 0.1) is 11.3 Å². The molecule has 0 radical (unpaired) electrons. The third-order valence-electron chi connectivity index (χ3n) is 2.42. The standard InChI is InChI=1S/C14H8BrNO3/c15-12-2-1-3-13(11(12)8-16)19-10-6-4-9(5-7-10)14(17)18/h1-7H,(H,17,18). The molecular weight excluding hydrogens is 310 g/mol. The van der Waals surface area contributed by atoms with E-state index < -0.39 is 5.97 Å². The quantitative estimate of drug-likeness (QED) is 0.934. The van der Waals surface area contributed by atoms with Crippen LogP contribution < -0.4 is 4.74 Å². The molecule has 0 fully saturated rings. The van der Waals surface area contributed by atoms with Gasteiger partial charge in [0.15, 0.2) is 0 Å². The first-order valence-electron chi connectivity index (χ1n) is 5.31. The zero-order valence-corrected chi connectivity index (χ0v) is 11.2. The van der Waals surface area contributed by atoms with Crippen molar-refractivity contribution >= 4 is 21.9 Å².